The average Bonchev–Trinajstić information content (AvgIpc) is 2.33. The van der Waals surface area contributed by atoms with Gasteiger partial charge in [-0.15, -0.1) is 13.2 Å². The molecule has 1 N–H and O–H groups in total. The van der Waals surface area contributed by atoms with Crippen LogP contribution in [0.25, 0.3) is 0 Å². The average molecular weight is 270 g/mol. The Balaban J connectivity index is 1.98. The summed E-state index contributed by atoms with van der Waals surface area (Å²) in [7, 11) is 0. The zero-order chi connectivity index (χ0) is 13.4. The Morgan fingerprint density at radius 1 is 1.28 bits per heavy atom. The highest BCUT2D eigenvalue weighted by atomic mass is 19.4. The molecule has 0 aromatic heterocycles. The van der Waals surface area contributed by atoms with E-state index in [1.807, 2.05) is 0 Å². The molecule has 0 radical (unpaired) electrons. The summed E-state index contributed by atoms with van der Waals surface area (Å²) in [5.41, 5.74) is 0. The molecule has 1 amide bonds. The van der Waals surface area contributed by atoms with Crippen LogP contribution >= 0.6 is 0 Å². The highest BCUT2D eigenvalue weighted by Crippen LogP contribution is 2.15. The standard InChI is InChI=1S/C10H17F3N2O3/c11-10(12,13)18-6-3-14-2-1-9(16)15-4-7-17-8-5-15/h14H,1-8H2. The first-order valence-electron chi connectivity index (χ1n) is 5.76. The quantitative estimate of drug-likeness (QED) is 0.708. The molecule has 1 fully saturated rings. The second kappa shape index (κ2) is 7.55. The van der Waals surface area contributed by atoms with Crippen LogP contribution in [0.1, 0.15) is 6.42 Å². The zero-order valence-corrected chi connectivity index (χ0v) is 9.96. The predicted molar refractivity (Wildman–Crippen MR) is 56.9 cm³/mol. The van der Waals surface area contributed by atoms with E-state index in [1.54, 1.807) is 4.90 Å². The summed E-state index contributed by atoms with van der Waals surface area (Å²) in [6, 6.07) is 0. The van der Waals surface area contributed by atoms with Crippen molar-refractivity contribution in [2.24, 2.45) is 0 Å². The van der Waals surface area contributed by atoms with Crippen LogP contribution in [0.3, 0.4) is 0 Å². The second-order valence-electron chi connectivity index (χ2n) is 3.79. The molecular weight excluding hydrogens is 253 g/mol. The predicted octanol–water partition coefficient (Wildman–Crippen LogP) is 0.361. The van der Waals surface area contributed by atoms with Crippen LogP contribution in [-0.4, -0.2) is 63.2 Å². The Bertz CT molecular complexity index is 255. The number of hydrogen-bond acceptors (Lipinski definition) is 4. The third kappa shape index (κ3) is 6.77. The highest BCUT2D eigenvalue weighted by molar-refractivity contribution is 5.76. The first kappa shape index (κ1) is 15.2. The fourth-order valence-electron chi connectivity index (χ4n) is 1.53. The van der Waals surface area contributed by atoms with Gasteiger partial charge in [-0.05, 0) is 0 Å². The van der Waals surface area contributed by atoms with Crippen LogP contribution in [0.4, 0.5) is 13.2 Å². The Morgan fingerprint density at radius 3 is 2.56 bits per heavy atom. The summed E-state index contributed by atoms with van der Waals surface area (Å²) >= 11 is 0. The van der Waals surface area contributed by atoms with Gasteiger partial charge < -0.3 is 15.0 Å². The normalized spacial score (nSPS) is 16.9. The summed E-state index contributed by atoms with van der Waals surface area (Å²) in [5.74, 6) is -0.0115. The van der Waals surface area contributed by atoms with Crippen LogP contribution in [0.2, 0.25) is 0 Å². The van der Waals surface area contributed by atoms with Crippen LogP contribution in [0.5, 0.6) is 0 Å². The summed E-state index contributed by atoms with van der Waals surface area (Å²) in [6.45, 7) is 2.20. The molecule has 0 aromatic carbocycles. The molecule has 18 heavy (non-hydrogen) atoms. The van der Waals surface area contributed by atoms with Crippen molar-refractivity contribution >= 4 is 5.91 Å². The summed E-state index contributed by atoms with van der Waals surface area (Å²) in [5, 5.41) is 2.72. The number of hydrogen-bond donors (Lipinski definition) is 1. The van der Waals surface area contributed by atoms with Crippen molar-refractivity contribution in [2.45, 2.75) is 12.8 Å². The van der Waals surface area contributed by atoms with Crippen molar-refractivity contribution in [1.29, 1.82) is 0 Å². The molecule has 0 spiro atoms. The minimum absolute atomic E-state index is 0.0115. The van der Waals surface area contributed by atoms with Gasteiger partial charge in [-0.2, -0.15) is 0 Å². The van der Waals surface area contributed by atoms with E-state index in [9.17, 15) is 18.0 Å². The van der Waals surface area contributed by atoms with Crippen LogP contribution in [0.15, 0.2) is 0 Å². The van der Waals surface area contributed by atoms with E-state index in [0.29, 0.717) is 32.8 Å². The smallest absolute Gasteiger partial charge is 0.378 e. The molecule has 0 aliphatic carbocycles. The monoisotopic (exact) mass is 270 g/mol. The lowest BCUT2D eigenvalue weighted by Gasteiger charge is -2.26. The second-order valence-corrected chi connectivity index (χ2v) is 3.79. The number of halogens is 3. The number of morpholine rings is 1. The largest absolute Gasteiger partial charge is 0.522 e. The van der Waals surface area contributed by atoms with E-state index < -0.39 is 13.0 Å². The lowest BCUT2D eigenvalue weighted by atomic mass is 10.3. The topological polar surface area (TPSA) is 50.8 Å². The Hall–Kier alpha value is -0.860. The fourth-order valence-corrected chi connectivity index (χ4v) is 1.53. The lowest BCUT2D eigenvalue weighted by molar-refractivity contribution is -0.323. The number of ether oxygens (including phenoxy) is 2. The molecule has 0 aromatic rings. The van der Waals surface area contributed by atoms with Gasteiger partial charge in [0.2, 0.25) is 5.91 Å². The molecule has 1 aliphatic heterocycles. The van der Waals surface area contributed by atoms with Crippen LogP contribution in [0, 0.1) is 0 Å². The molecular formula is C10H17F3N2O3. The van der Waals surface area contributed by atoms with Crippen molar-refractivity contribution in [3.05, 3.63) is 0 Å². The molecule has 8 heteroatoms. The van der Waals surface area contributed by atoms with Gasteiger partial charge in [-0.25, -0.2) is 0 Å². The van der Waals surface area contributed by atoms with E-state index in [4.69, 9.17) is 4.74 Å². The molecule has 0 unspecified atom stereocenters. The maximum Gasteiger partial charge on any atom is 0.522 e. The Kier molecular flexibility index (Phi) is 6.37. The number of rotatable bonds is 6. The van der Waals surface area contributed by atoms with E-state index in [-0.39, 0.29) is 18.9 Å². The number of nitrogens with zero attached hydrogens (tertiary/aromatic N) is 1. The minimum atomic E-state index is -4.59. The third-order valence-corrected chi connectivity index (χ3v) is 2.42. The van der Waals surface area contributed by atoms with E-state index in [0.717, 1.165) is 0 Å². The summed E-state index contributed by atoms with van der Waals surface area (Å²) < 4.78 is 43.5. The molecule has 5 nitrogen and oxygen atoms in total. The van der Waals surface area contributed by atoms with Gasteiger partial charge in [0.05, 0.1) is 19.8 Å². The maximum absolute atomic E-state index is 11.6. The molecule has 106 valence electrons. The van der Waals surface area contributed by atoms with Crippen molar-refractivity contribution in [3.63, 3.8) is 0 Å². The first-order chi connectivity index (χ1) is 8.49. The fraction of sp³-hybridized carbons (Fsp3) is 0.900. The van der Waals surface area contributed by atoms with Gasteiger partial charge in [0.15, 0.2) is 0 Å². The third-order valence-electron chi connectivity index (χ3n) is 2.42. The number of alkyl halides is 3. The summed E-state index contributed by atoms with van der Waals surface area (Å²) in [4.78, 5) is 13.3. The van der Waals surface area contributed by atoms with Gasteiger partial charge in [0.1, 0.15) is 0 Å². The molecule has 0 bridgehead atoms. The van der Waals surface area contributed by atoms with E-state index in [2.05, 4.69) is 10.1 Å². The Morgan fingerprint density at radius 2 is 1.94 bits per heavy atom. The number of carbonyl (C=O) groups excluding carboxylic acids is 1. The van der Waals surface area contributed by atoms with Crippen molar-refractivity contribution in [3.8, 4) is 0 Å². The SMILES string of the molecule is O=C(CCNCCOC(F)(F)F)N1CCOCC1. The van der Waals surface area contributed by atoms with Crippen molar-refractivity contribution in [1.82, 2.24) is 10.2 Å². The molecule has 0 atom stereocenters. The van der Waals surface area contributed by atoms with Gasteiger partial charge >= 0.3 is 6.36 Å². The molecule has 1 aliphatic rings. The minimum Gasteiger partial charge on any atom is -0.378 e. The first-order valence-corrected chi connectivity index (χ1v) is 5.76. The van der Waals surface area contributed by atoms with Crippen molar-refractivity contribution in [2.75, 3.05) is 46.0 Å². The highest BCUT2D eigenvalue weighted by Gasteiger charge is 2.28. The van der Waals surface area contributed by atoms with E-state index >= 15 is 0 Å². The van der Waals surface area contributed by atoms with Crippen LogP contribution < -0.4 is 5.32 Å². The zero-order valence-electron chi connectivity index (χ0n) is 9.96. The van der Waals surface area contributed by atoms with Gasteiger partial charge in [0, 0.05) is 32.6 Å². The number of amides is 1. The number of carbonyl (C=O) groups is 1. The molecule has 1 heterocycles. The van der Waals surface area contributed by atoms with E-state index in [1.165, 1.54) is 0 Å². The van der Waals surface area contributed by atoms with Crippen molar-refractivity contribution < 1.29 is 27.4 Å². The number of nitrogens with one attached hydrogen (secondary N) is 1. The van der Waals surface area contributed by atoms with Crippen LogP contribution in [-0.2, 0) is 14.3 Å². The van der Waals surface area contributed by atoms with Gasteiger partial charge in [0.25, 0.3) is 0 Å². The maximum atomic E-state index is 11.6. The lowest BCUT2D eigenvalue weighted by Crippen LogP contribution is -2.41. The molecule has 1 rings (SSSR count). The van der Waals surface area contributed by atoms with Gasteiger partial charge in [-0.3, -0.25) is 9.53 Å². The summed E-state index contributed by atoms with van der Waals surface area (Å²) in [6.07, 6.45) is -4.32. The Labute approximate surface area is 103 Å². The molecule has 1 saturated heterocycles. The molecule has 0 saturated carbocycles. The van der Waals surface area contributed by atoms with Gasteiger partial charge in [-0.1, -0.05) is 0 Å².